The Morgan fingerprint density at radius 1 is 1.23 bits per heavy atom. The van der Waals surface area contributed by atoms with Crippen molar-refractivity contribution in [2.45, 2.75) is 17.5 Å². The van der Waals surface area contributed by atoms with Crippen LogP contribution >= 0.6 is 11.6 Å². The SMILES string of the molecule is NS(=O)(=O)c1cc(NC(=O)C(O)c2ccccc2Cl)ccc1-c1cnn(C(F)F)c1. The molecule has 1 amide bonds. The highest BCUT2D eigenvalue weighted by atomic mass is 35.5. The molecular formula is C18H15ClF2N4O4S. The molecule has 0 aliphatic rings. The summed E-state index contributed by atoms with van der Waals surface area (Å²) in [6.07, 6.45) is 0.421. The maximum absolute atomic E-state index is 12.8. The molecule has 1 heterocycles. The molecule has 158 valence electrons. The van der Waals surface area contributed by atoms with Crippen LogP contribution < -0.4 is 10.5 Å². The maximum atomic E-state index is 12.8. The highest BCUT2D eigenvalue weighted by molar-refractivity contribution is 7.89. The zero-order valence-electron chi connectivity index (χ0n) is 15.0. The molecule has 0 fully saturated rings. The second kappa shape index (κ2) is 8.48. The topological polar surface area (TPSA) is 127 Å². The van der Waals surface area contributed by atoms with Gasteiger partial charge in [0.2, 0.25) is 10.0 Å². The fourth-order valence-corrected chi connectivity index (χ4v) is 3.73. The van der Waals surface area contributed by atoms with Crippen molar-refractivity contribution in [3.8, 4) is 11.1 Å². The summed E-state index contributed by atoms with van der Waals surface area (Å²) in [5.74, 6) is -0.860. The Kier molecular flexibility index (Phi) is 6.17. The fraction of sp³-hybridized carbons (Fsp3) is 0.111. The van der Waals surface area contributed by atoms with Crippen LogP contribution in [0.5, 0.6) is 0 Å². The van der Waals surface area contributed by atoms with Gasteiger partial charge < -0.3 is 10.4 Å². The number of carbonyl (C=O) groups excluding carboxylic acids is 1. The van der Waals surface area contributed by atoms with Crippen molar-refractivity contribution < 1.29 is 27.1 Å². The van der Waals surface area contributed by atoms with E-state index in [0.717, 1.165) is 18.5 Å². The van der Waals surface area contributed by atoms with Gasteiger partial charge in [0, 0.05) is 33.6 Å². The van der Waals surface area contributed by atoms with Crippen LogP contribution in [-0.4, -0.2) is 29.2 Å². The van der Waals surface area contributed by atoms with Crippen LogP contribution in [0.4, 0.5) is 14.5 Å². The standard InChI is InChI=1S/C18H15ClF2N4O4S/c19-14-4-2-1-3-13(14)16(26)17(27)24-11-5-6-12(15(7-11)30(22,28)29)10-8-23-25(9-10)18(20)21/h1-9,16,18,26H,(H,24,27)(H2,22,28,29). The Bertz CT molecular complexity index is 1200. The zero-order chi connectivity index (χ0) is 22.1. The Labute approximate surface area is 174 Å². The minimum absolute atomic E-state index is 0.0140. The third-order valence-corrected chi connectivity index (χ3v) is 5.41. The molecule has 0 saturated carbocycles. The molecule has 12 heteroatoms. The fourth-order valence-electron chi connectivity index (χ4n) is 2.71. The Morgan fingerprint density at radius 2 is 1.93 bits per heavy atom. The number of amides is 1. The molecule has 30 heavy (non-hydrogen) atoms. The first-order valence-corrected chi connectivity index (χ1v) is 10.2. The van der Waals surface area contributed by atoms with Crippen LogP contribution in [0.15, 0.2) is 59.8 Å². The molecule has 0 saturated heterocycles. The van der Waals surface area contributed by atoms with Crippen LogP contribution in [0, 0.1) is 0 Å². The lowest BCUT2D eigenvalue weighted by Crippen LogP contribution is -2.21. The highest BCUT2D eigenvalue weighted by Crippen LogP contribution is 2.31. The quantitative estimate of drug-likeness (QED) is 0.525. The molecule has 0 radical (unpaired) electrons. The number of nitrogens with one attached hydrogen (secondary N) is 1. The van der Waals surface area contributed by atoms with Gasteiger partial charge >= 0.3 is 6.55 Å². The minimum Gasteiger partial charge on any atom is -0.378 e. The van der Waals surface area contributed by atoms with Gasteiger partial charge in [-0.15, -0.1) is 0 Å². The van der Waals surface area contributed by atoms with Gasteiger partial charge in [-0.2, -0.15) is 13.9 Å². The van der Waals surface area contributed by atoms with Gasteiger partial charge in [0.15, 0.2) is 6.10 Å². The molecule has 8 nitrogen and oxygen atoms in total. The number of carbonyl (C=O) groups is 1. The average Bonchev–Trinajstić information content (AvgIpc) is 3.17. The first-order valence-electron chi connectivity index (χ1n) is 8.31. The summed E-state index contributed by atoms with van der Waals surface area (Å²) in [6, 6.07) is 9.86. The Balaban J connectivity index is 1.93. The van der Waals surface area contributed by atoms with Crippen molar-refractivity contribution in [3.05, 3.63) is 65.4 Å². The number of anilines is 1. The molecule has 0 aliphatic carbocycles. The van der Waals surface area contributed by atoms with Gasteiger partial charge in [0.1, 0.15) is 0 Å². The minimum atomic E-state index is -4.29. The van der Waals surface area contributed by atoms with Crippen molar-refractivity contribution in [2.75, 3.05) is 5.32 Å². The highest BCUT2D eigenvalue weighted by Gasteiger charge is 2.22. The molecule has 0 bridgehead atoms. The van der Waals surface area contributed by atoms with Crippen molar-refractivity contribution in [2.24, 2.45) is 5.14 Å². The third-order valence-electron chi connectivity index (χ3n) is 4.12. The van der Waals surface area contributed by atoms with Gasteiger partial charge in [0.25, 0.3) is 5.91 Å². The van der Waals surface area contributed by atoms with E-state index in [1.165, 1.54) is 24.3 Å². The summed E-state index contributed by atoms with van der Waals surface area (Å²) < 4.78 is 49.9. The number of nitrogens with zero attached hydrogens (tertiary/aromatic N) is 2. The maximum Gasteiger partial charge on any atom is 0.333 e. The number of nitrogens with two attached hydrogens (primary N) is 1. The Hall–Kier alpha value is -2.86. The second-order valence-electron chi connectivity index (χ2n) is 6.16. The van der Waals surface area contributed by atoms with E-state index in [-0.39, 0.29) is 27.4 Å². The number of aliphatic hydroxyl groups is 1. The molecule has 1 atom stereocenters. The number of benzene rings is 2. The van der Waals surface area contributed by atoms with Crippen LogP contribution in [0.1, 0.15) is 18.2 Å². The second-order valence-corrected chi connectivity index (χ2v) is 8.09. The first-order chi connectivity index (χ1) is 14.1. The molecule has 3 rings (SSSR count). The number of primary sulfonamides is 1. The number of rotatable bonds is 6. The number of aliphatic hydroxyl groups excluding tert-OH is 1. The van der Waals surface area contributed by atoms with Crippen LogP contribution in [-0.2, 0) is 14.8 Å². The van der Waals surface area contributed by atoms with E-state index < -0.39 is 33.5 Å². The van der Waals surface area contributed by atoms with E-state index in [1.54, 1.807) is 12.1 Å². The third kappa shape index (κ3) is 4.65. The van der Waals surface area contributed by atoms with Gasteiger partial charge in [-0.05, 0) is 18.2 Å². The lowest BCUT2D eigenvalue weighted by Gasteiger charge is -2.14. The summed E-state index contributed by atoms with van der Waals surface area (Å²) >= 11 is 5.97. The molecule has 4 N–H and O–H groups in total. The summed E-state index contributed by atoms with van der Waals surface area (Å²) in [5, 5.41) is 21.5. The summed E-state index contributed by atoms with van der Waals surface area (Å²) in [7, 11) is -4.29. The lowest BCUT2D eigenvalue weighted by atomic mass is 10.1. The van der Waals surface area contributed by atoms with Crippen LogP contribution in [0.2, 0.25) is 5.02 Å². The molecule has 1 unspecified atom stereocenters. The van der Waals surface area contributed by atoms with Crippen LogP contribution in [0.25, 0.3) is 11.1 Å². The molecule has 3 aromatic rings. The van der Waals surface area contributed by atoms with Crippen LogP contribution in [0.3, 0.4) is 0 Å². The average molecular weight is 457 g/mol. The lowest BCUT2D eigenvalue weighted by molar-refractivity contribution is -0.124. The molecular weight excluding hydrogens is 442 g/mol. The normalized spacial score (nSPS) is 12.7. The number of hydrogen-bond acceptors (Lipinski definition) is 5. The van der Waals surface area contributed by atoms with E-state index in [9.17, 15) is 27.1 Å². The molecule has 0 aliphatic heterocycles. The number of sulfonamides is 1. The van der Waals surface area contributed by atoms with E-state index in [0.29, 0.717) is 4.68 Å². The monoisotopic (exact) mass is 456 g/mol. The number of hydrogen-bond donors (Lipinski definition) is 3. The van der Waals surface area contributed by atoms with Gasteiger partial charge in [-0.3, -0.25) is 4.79 Å². The van der Waals surface area contributed by atoms with E-state index in [4.69, 9.17) is 16.7 Å². The van der Waals surface area contributed by atoms with Gasteiger partial charge in [-0.25, -0.2) is 18.2 Å². The van der Waals surface area contributed by atoms with E-state index in [2.05, 4.69) is 10.4 Å². The smallest absolute Gasteiger partial charge is 0.333 e. The number of halogens is 3. The Morgan fingerprint density at radius 3 is 2.53 bits per heavy atom. The van der Waals surface area contributed by atoms with Gasteiger partial charge in [0.05, 0.1) is 11.1 Å². The predicted molar refractivity (Wildman–Crippen MR) is 105 cm³/mol. The van der Waals surface area contributed by atoms with Crippen molar-refractivity contribution in [3.63, 3.8) is 0 Å². The molecule has 0 spiro atoms. The number of alkyl halides is 2. The largest absolute Gasteiger partial charge is 0.378 e. The van der Waals surface area contributed by atoms with E-state index >= 15 is 0 Å². The summed E-state index contributed by atoms with van der Waals surface area (Å²) in [5.41, 5.74) is 0.293. The van der Waals surface area contributed by atoms with Gasteiger partial charge in [-0.1, -0.05) is 35.9 Å². The zero-order valence-corrected chi connectivity index (χ0v) is 16.6. The van der Waals surface area contributed by atoms with Crippen molar-refractivity contribution in [1.29, 1.82) is 0 Å². The molecule has 1 aromatic heterocycles. The summed E-state index contributed by atoms with van der Waals surface area (Å²) in [6.45, 7) is -2.90. The van der Waals surface area contributed by atoms with Crippen molar-refractivity contribution in [1.82, 2.24) is 9.78 Å². The predicted octanol–water partition coefficient (Wildman–Crippen LogP) is 2.92. The number of aromatic nitrogens is 2. The first kappa shape index (κ1) is 21.8. The van der Waals surface area contributed by atoms with E-state index in [1.807, 2.05) is 0 Å². The van der Waals surface area contributed by atoms with Crippen molar-refractivity contribution >= 4 is 33.2 Å². The summed E-state index contributed by atoms with van der Waals surface area (Å²) in [4.78, 5) is 11.9. The molecule has 2 aromatic carbocycles.